The molecular weight excluding hydrogens is 561 g/mol. The summed E-state index contributed by atoms with van der Waals surface area (Å²) < 4.78 is 23.7. The number of hydrogen-bond acceptors (Lipinski definition) is 5. The molecule has 0 saturated carbocycles. The summed E-state index contributed by atoms with van der Waals surface area (Å²) >= 11 is 12.3. The highest BCUT2D eigenvalue weighted by Gasteiger charge is 2.35. The van der Waals surface area contributed by atoms with Gasteiger partial charge in [-0.25, -0.2) is 4.79 Å². The highest BCUT2D eigenvalue weighted by atomic mass is 35.5. The Balaban J connectivity index is 1.33. The Bertz CT molecular complexity index is 1250. The number of nitrogens with zero attached hydrogens (tertiary/aromatic N) is 1. The highest BCUT2D eigenvalue weighted by Crippen LogP contribution is 2.33. The van der Waals surface area contributed by atoms with Gasteiger partial charge in [-0.05, 0) is 68.1 Å². The van der Waals surface area contributed by atoms with Crippen molar-refractivity contribution >= 4 is 29.3 Å². The molecule has 6 nitrogen and oxygen atoms in total. The third-order valence-electron chi connectivity index (χ3n) is 6.78. The monoisotopic (exact) mass is 599 g/mol. The summed E-state index contributed by atoms with van der Waals surface area (Å²) in [5.41, 5.74) is 2.67. The van der Waals surface area contributed by atoms with Gasteiger partial charge in [0.25, 0.3) is 0 Å². The van der Waals surface area contributed by atoms with Crippen LogP contribution in [0, 0.1) is 0 Å². The topological polar surface area (TPSA) is 57.2 Å². The largest absolute Gasteiger partial charge is 0.494 e. The lowest BCUT2D eigenvalue weighted by molar-refractivity contribution is -0.0359. The van der Waals surface area contributed by atoms with Crippen LogP contribution in [0.3, 0.4) is 0 Å². The fourth-order valence-electron chi connectivity index (χ4n) is 4.72. The third kappa shape index (κ3) is 9.93. The number of piperidine rings is 1. The van der Waals surface area contributed by atoms with Crippen molar-refractivity contribution in [3.8, 4) is 5.75 Å². The molecule has 4 rings (SSSR count). The molecular formula is C33H39Cl2NO5. The van der Waals surface area contributed by atoms with Crippen molar-refractivity contribution in [1.29, 1.82) is 0 Å². The van der Waals surface area contributed by atoms with Crippen molar-refractivity contribution < 1.29 is 23.7 Å². The Morgan fingerprint density at radius 2 is 1.66 bits per heavy atom. The average Bonchev–Trinajstić information content (AvgIpc) is 2.95. The zero-order valence-corrected chi connectivity index (χ0v) is 25.5. The van der Waals surface area contributed by atoms with Crippen LogP contribution in [-0.2, 0) is 27.4 Å². The molecule has 8 heteroatoms. The molecule has 2 unspecified atom stereocenters. The molecule has 0 N–H and O–H groups in total. The molecule has 0 radical (unpaired) electrons. The smallest absolute Gasteiger partial charge is 0.410 e. The Kier molecular flexibility index (Phi) is 11.3. The first-order chi connectivity index (χ1) is 19.7. The first kappa shape index (κ1) is 31.2. The molecule has 1 aliphatic rings. The molecule has 1 fully saturated rings. The number of amides is 1. The number of carbonyl (C=O) groups excluding carboxylic acids is 1. The predicted molar refractivity (Wildman–Crippen MR) is 163 cm³/mol. The molecule has 220 valence electrons. The zero-order chi connectivity index (χ0) is 29.2. The van der Waals surface area contributed by atoms with Crippen LogP contribution in [0.5, 0.6) is 5.75 Å². The van der Waals surface area contributed by atoms with Crippen LogP contribution in [0.4, 0.5) is 4.79 Å². The minimum atomic E-state index is -0.561. The second-order valence-electron chi connectivity index (χ2n) is 11.2. The van der Waals surface area contributed by atoms with Gasteiger partial charge < -0.3 is 23.8 Å². The van der Waals surface area contributed by atoms with Crippen molar-refractivity contribution in [3.05, 3.63) is 99.5 Å². The SMILES string of the molecule is CC(C)(C)OC(=O)N1CCC(c2ccc(OCCCOCc3ccccc3)cc2)C(OCc2ccc(Cl)c(Cl)c2)C1. The molecule has 1 aliphatic heterocycles. The number of rotatable bonds is 11. The molecule has 0 aliphatic carbocycles. The van der Waals surface area contributed by atoms with E-state index in [-0.39, 0.29) is 18.1 Å². The number of carbonyl (C=O) groups is 1. The number of likely N-dealkylation sites (tertiary alicyclic amines) is 1. The summed E-state index contributed by atoms with van der Waals surface area (Å²) in [6, 6.07) is 23.8. The van der Waals surface area contributed by atoms with E-state index >= 15 is 0 Å². The molecule has 1 amide bonds. The van der Waals surface area contributed by atoms with Gasteiger partial charge in [0, 0.05) is 18.9 Å². The van der Waals surface area contributed by atoms with Crippen LogP contribution >= 0.6 is 23.2 Å². The van der Waals surface area contributed by atoms with Gasteiger partial charge in [-0.15, -0.1) is 0 Å². The number of hydrogen-bond donors (Lipinski definition) is 0. The van der Waals surface area contributed by atoms with Crippen molar-refractivity contribution in [2.45, 2.75) is 64.4 Å². The maximum atomic E-state index is 12.8. The molecule has 0 aromatic heterocycles. The molecule has 0 spiro atoms. The van der Waals surface area contributed by atoms with Crippen molar-refractivity contribution in [3.63, 3.8) is 0 Å². The Morgan fingerprint density at radius 1 is 0.902 bits per heavy atom. The zero-order valence-electron chi connectivity index (χ0n) is 24.0. The van der Waals surface area contributed by atoms with E-state index in [1.165, 1.54) is 5.56 Å². The molecule has 2 atom stereocenters. The van der Waals surface area contributed by atoms with Crippen LogP contribution < -0.4 is 4.74 Å². The standard InChI is InChI=1S/C33H39Cl2NO5/c1-33(2,3)41-32(37)36-17-16-28(31(21-36)40-23-25-10-15-29(34)30(35)20-25)26-11-13-27(14-12-26)39-19-7-18-38-22-24-8-5-4-6-9-24/h4-6,8-15,20,28,31H,7,16-19,21-23H2,1-3H3. The minimum Gasteiger partial charge on any atom is -0.494 e. The Hall–Kier alpha value is -2.77. The van der Waals surface area contributed by atoms with E-state index in [4.69, 9.17) is 42.1 Å². The van der Waals surface area contributed by atoms with Crippen molar-refractivity contribution in [1.82, 2.24) is 4.90 Å². The normalized spacial score (nSPS) is 17.3. The fourth-order valence-corrected chi connectivity index (χ4v) is 5.04. The van der Waals surface area contributed by atoms with Gasteiger partial charge in [-0.3, -0.25) is 0 Å². The Labute approximate surface area is 253 Å². The fraction of sp³-hybridized carbons (Fsp3) is 0.424. The number of ether oxygens (including phenoxy) is 4. The van der Waals surface area contributed by atoms with Crippen LogP contribution in [0.2, 0.25) is 10.0 Å². The van der Waals surface area contributed by atoms with Crippen molar-refractivity contribution in [2.75, 3.05) is 26.3 Å². The van der Waals surface area contributed by atoms with Gasteiger partial charge in [0.2, 0.25) is 0 Å². The first-order valence-corrected chi connectivity index (χ1v) is 14.8. The maximum absolute atomic E-state index is 12.8. The predicted octanol–water partition coefficient (Wildman–Crippen LogP) is 8.29. The number of benzene rings is 3. The van der Waals surface area contributed by atoms with Gasteiger partial charge >= 0.3 is 6.09 Å². The summed E-state index contributed by atoms with van der Waals surface area (Å²) in [7, 11) is 0. The summed E-state index contributed by atoms with van der Waals surface area (Å²) in [5.74, 6) is 0.924. The number of halogens is 2. The quantitative estimate of drug-likeness (QED) is 0.207. The molecule has 3 aromatic rings. The van der Waals surface area contributed by atoms with Gasteiger partial charge in [-0.1, -0.05) is 71.7 Å². The van der Waals surface area contributed by atoms with Gasteiger partial charge in [0.05, 0.1) is 49.1 Å². The summed E-state index contributed by atoms with van der Waals surface area (Å²) in [6.45, 7) is 8.82. The van der Waals surface area contributed by atoms with E-state index in [2.05, 4.69) is 24.3 Å². The average molecular weight is 601 g/mol. The van der Waals surface area contributed by atoms with E-state index in [0.29, 0.717) is 49.6 Å². The lowest BCUT2D eigenvalue weighted by Crippen LogP contribution is -2.48. The van der Waals surface area contributed by atoms with E-state index in [1.54, 1.807) is 11.0 Å². The van der Waals surface area contributed by atoms with E-state index in [9.17, 15) is 4.79 Å². The van der Waals surface area contributed by atoms with Crippen LogP contribution in [0.15, 0.2) is 72.8 Å². The van der Waals surface area contributed by atoms with Gasteiger partial charge in [-0.2, -0.15) is 0 Å². The summed E-state index contributed by atoms with van der Waals surface area (Å²) in [5, 5.41) is 0.991. The summed E-state index contributed by atoms with van der Waals surface area (Å²) in [4.78, 5) is 14.6. The molecule has 1 heterocycles. The lowest BCUT2D eigenvalue weighted by Gasteiger charge is -2.39. The Morgan fingerprint density at radius 3 is 2.37 bits per heavy atom. The minimum absolute atomic E-state index is 0.108. The molecule has 1 saturated heterocycles. The van der Waals surface area contributed by atoms with Crippen LogP contribution in [0.1, 0.15) is 56.2 Å². The van der Waals surface area contributed by atoms with Gasteiger partial charge in [0.1, 0.15) is 11.4 Å². The highest BCUT2D eigenvalue weighted by molar-refractivity contribution is 6.42. The van der Waals surface area contributed by atoms with Gasteiger partial charge in [0.15, 0.2) is 0 Å². The van der Waals surface area contributed by atoms with E-state index < -0.39 is 5.60 Å². The lowest BCUT2D eigenvalue weighted by atomic mass is 9.87. The molecule has 0 bridgehead atoms. The van der Waals surface area contributed by atoms with E-state index in [0.717, 1.165) is 29.7 Å². The second-order valence-corrected chi connectivity index (χ2v) is 12.0. The molecule has 41 heavy (non-hydrogen) atoms. The van der Waals surface area contributed by atoms with E-state index in [1.807, 2.05) is 63.2 Å². The summed E-state index contributed by atoms with van der Waals surface area (Å²) in [6.07, 6.45) is 1.02. The maximum Gasteiger partial charge on any atom is 0.410 e. The van der Waals surface area contributed by atoms with Crippen LogP contribution in [0.25, 0.3) is 0 Å². The third-order valence-corrected chi connectivity index (χ3v) is 7.52. The van der Waals surface area contributed by atoms with Crippen LogP contribution in [-0.4, -0.2) is 49.0 Å². The van der Waals surface area contributed by atoms with Crippen molar-refractivity contribution in [2.24, 2.45) is 0 Å². The first-order valence-electron chi connectivity index (χ1n) is 14.1. The second kappa shape index (κ2) is 14.9. The molecule has 3 aromatic carbocycles.